The van der Waals surface area contributed by atoms with Crippen LogP contribution in [-0.2, 0) is 19.6 Å². The fourth-order valence-electron chi connectivity index (χ4n) is 4.66. The van der Waals surface area contributed by atoms with Gasteiger partial charge >= 0.3 is 0 Å². The number of carbonyl (C=O) groups excluding carboxylic acids is 1. The van der Waals surface area contributed by atoms with Gasteiger partial charge in [-0.3, -0.25) is 9.69 Å². The van der Waals surface area contributed by atoms with Gasteiger partial charge in [0.1, 0.15) is 0 Å². The van der Waals surface area contributed by atoms with Crippen molar-refractivity contribution in [2.75, 3.05) is 70.6 Å². The standard InChI is InChI=1S/C23H36N4O4S2/c1-18-17-32-22-5-4-20(16-21(22)24-23(18)28)33(29,30)27-10-6-19(7-11-27)25(2)8-3-9-26-12-14-31-15-13-26/h4-5,16,18-19H,3,6-15,17H2,1-2H3,(H,24,28)/t18-/m1/s1. The van der Waals surface area contributed by atoms with Crippen LogP contribution in [0.25, 0.3) is 0 Å². The average Bonchev–Trinajstić information content (AvgIpc) is 2.97. The van der Waals surface area contributed by atoms with E-state index in [1.807, 2.05) is 13.0 Å². The van der Waals surface area contributed by atoms with Crippen molar-refractivity contribution in [3.63, 3.8) is 0 Å². The minimum Gasteiger partial charge on any atom is -0.379 e. The molecule has 184 valence electrons. The lowest BCUT2D eigenvalue weighted by molar-refractivity contribution is -0.118. The minimum absolute atomic E-state index is 0.0618. The summed E-state index contributed by atoms with van der Waals surface area (Å²) in [7, 11) is -1.43. The lowest BCUT2D eigenvalue weighted by atomic mass is 10.1. The third-order valence-corrected chi connectivity index (χ3v) is 10.1. The van der Waals surface area contributed by atoms with Gasteiger partial charge in [0.05, 0.1) is 23.8 Å². The van der Waals surface area contributed by atoms with Gasteiger partial charge in [-0.1, -0.05) is 6.92 Å². The van der Waals surface area contributed by atoms with Crippen molar-refractivity contribution in [3.05, 3.63) is 18.2 Å². The Balaban J connectivity index is 1.30. The molecule has 3 aliphatic heterocycles. The molecule has 1 atom stereocenters. The summed E-state index contributed by atoms with van der Waals surface area (Å²) in [5, 5.41) is 2.89. The van der Waals surface area contributed by atoms with Gasteiger partial charge in [-0.15, -0.1) is 11.8 Å². The van der Waals surface area contributed by atoms with Crippen LogP contribution < -0.4 is 5.32 Å². The number of morpholine rings is 1. The number of benzene rings is 1. The number of thioether (sulfide) groups is 1. The van der Waals surface area contributed by atoms with Crippen molar-refractivity contribution in [3.8, 4) is 0 Å². The molecule has 3 heterocycles. The third kappa shape index (κ3) is 6.10. The monoisotopic (exact) mass is 496 g/mol. The Hall–Kier alpha value is -1.17. The summed E-state index contributed by atoms with van der Waals surface area (Å²) in [6, 6.07) is 5.52. The van der Waals surface area contributed by atoms with Crippen molar-refractivity contribution < 1.29 is 17.9 Å². The van der Waals surface area contributed by atoms with Crippen LogP contribution >= 0.6 is 11.8 Å². The van der Waals surface area contributed by atoms with E-state index in [2.05, 4.69) is 22.2 Å². The van der Waals surface area contributed by atoms with Gasteiger partial charge in [-0.25, -0.2) is 8.42 Å². The predicted molar refractivity (Wildman–Crippen MR) is 131 cm³/mol. The number of carbonyl (C=O) groups is 1. The number of piperidine rings is 1. The number of hydrogen-bond donors (Lipinski definition) is 1. The van der Waals surface area contributed by atoms with Crippen LogP contribution in [-0.4, -0.2) is 99.8 Å². The largest absolute Gasteiger partial charge is 0.379 e. The molecule has 4 rings (SSSR count). The van der Waals surface area contributed by atoms with E-state index in [-0.39, 0.29) is 16.7 Å². The Morgan fingerprint density at radius 2 is 1.91 bits per heavy atom. The molecule has 0 aromatic heterocycles. The highest BCUT2D eigenvalue weighted by Gasteiger charge is 2.32. The smallest absolute Gasteiger partial charge is 0.243 e. The summed E-state index contributed by atoms with van der Waals surface area (Å²) in [6.07, 6.45) is 2.79. The maximum atomic E-state index is 13.3. The molecular weight excluding hydrogens is 460 g/mol. The number of nitrogens with zero attached hydrogens (tertiary/aromatic N) is 3. The van der Waals surface area contributed by atoms with Crippen molar-refractivity contribution >= 4 is 33.4 Å². The van der Waals surface area contributed by atoms with Crippen LogP contribution in [0.15, 0.2) is 28.0 Å². The summed E-state index contributed by atoms with van der Waals surface area (Å²) < 4.78 is 33.6. The quantitative estimate of drug-likeness (QED) is 0.620. The zero-order valence-corrected chi connectivity index (χ0v) is 21.3. The van der Waals surface area contributed by atoms with Crippen LogP contribution in [0.1, 0.15) is 26.2 Å². The van der Waals surface area contributed by atoms with E-state index in [1.54, 1.807) is 28.2 Å². The number of nitrogens with one attached hydrogen (secondary N) is 1. The topological polar surface area (TPSA) is 82.2 Å². The Kier molecular flexibility index (Phi) is 8.35. The highest BCUT2D eigenvalue weighted by atomic mass is 32.2. The Morgan fingerprint density at radius 3 is 2.64 bits per heavy atom. The summed E-state index contributed by atoms with van der Waals surface area (Å²) in [5.41, 5.74) is 0.602. The van der Waals surface area contributed by atoms with Gasteiger partial charge < -0.3 is 15.0 Å². The molecule has 0 spiro atoms. The highest BCUT2D eigenvalue weighted by molar-refractivity contribution is 7.99. The van der Waals surface area contributed by atoms with Gasteiger partial charge in [0, 0.05) is 48.8 Å². The lowest BCUT2D eigenvalue weighted by Gasteiger charge is -2.36. The second-order valence-corrected chi connectivity index (χ2v) is 12.3. The Labute approximate surface area is 202 Å². The molecule has 1 N–H and O–H groups in total. The van der Waals surface area contributed by atoms with Gasteiger partial charge in [-0.2, -0.15) is 4.31 Å². The van der Waals surface area contributed by atoms with E-state index in [1.165, 1.54) is 0 Å². The van der Waals surface area contributed by atoms with Gasteiger partial charge in [0.2, 0.25) is 15.9 Å². The zero-order valence-electron chi connectivity index (χ0n) is 19.7. The van der Waals surface area contributed by atoms with Crippen molar-refractivity contribution in [1.82, 2.24) is 14.1 Å². The number of hydrogen-bond acceptors (Lipinski definition) is 7. The summed E-state index contributed by atoms with van der Waals surface area (Å²) in [4.78, 5) is 18.2. The molecule has 3 aliphatic rings. The molecule has 0 saturated carbocycles. The number of anilines is 1. The molecule has 0 radical (unpaired) electrons. The van der Waals surface area contributed by atoms with Gasteiger partial charge in [-0.05, 0) is 57.6 Å². The van der Waals surface area contributed by atoms with Crippen LogP contribution in [0.2, 0.25) is 0 Å². The number of amides is 1. The first-order valence-corrected chi connectivity index (χ1v) is 14.4. The second kappa shape index (κ2) is 11.0. The molecule has 2 fully saturated rings. The first-order valence-electron chi connectivity index (χ1n) is 11.9. The first-order chi connectivity index (χ1) is 15.8. The van der Waals surface area contributed by atoms with E-state index in [0.29, 0.717) is 30.6 Å². The fraction of sp³-hybridized carbons (Fsp3) is 0.696. The molecule has 1 aromatic rings. The van der Waals surface area contributed by atoms with E-state index < -0.39 is 10.0 Å². The van der Waals surface area contributed by atoms with Crippen LogP contribution in [0, 0.1) is 5.92 Å². The minimum atomic E-state index is -3.58. The number of ether oxygens (including phenoxy) is 1. The van der Waals surface area contributed by atoms with E-state index in [0.717, 1.165) is 63.6 Å². The Morgan fingerprint density at radius 1 is 1.18 bits per heavy atom. The Bertz CT molecular complexity index is 928. The molecule has 0 unspecified atom stereocenters. The average molecular weight is 497 g/mol. The molecule has 2 saturated heterocycles. The number of fused-ring (bicyclic) bond motifs is 1. The number of sulfonamides is 1. The molecule has 1 aromatic carbocycles. The molecule has 10 heteroatoms. The predicted octanol–water partition coefficient (Wildman–Crippen LogP) is 2.17. The van der Waals surface area contributed by atoms with Crippen LogP contribution in [0.3, 0.4) is 0 Å². The molecule has 8 nitrogen and oxygen atoms in total. The highest BCUT2D eigenvalue weighted by Crippen LogP contribution is 2.35. The molecular formula is C23H36N4O4S2. The summed E-state index contributed by atoms with van der Waals surface area (Å²) in [6.45, 7) is 8.74. The van der Waals surface area contributed by atoms with Gasteiger partial charge in [0.15, 0.2) is 0 Å². The SMILES string of the molecule is C[C@@H]1CSc2ccc(S(=O)(=O)N3CCC(N(C)CCCN4CCOCC4)CC3)cc2NC1=O. The zero-order chi connectivity index (χ0) is 23.4. The normalized spacial score (nSPS) is 23.8. The van der Waals surface area contributed by atoms with Crippen molar-refractivity contribution in [2.45, 2.75) is 42.0 Å². The third-order valence-electron chi connectivity index (χ3n) is 6.92. The van der Waals surface area contributed by atoms with Crippen molar-refractivity contribution in [2.24, 2.45) is 5.92 Å². The molecule has 1 amide bonds. The van der Waals surface area contributed by atoms with E-state index in [4.69, 9.17) is 4.74 Å². The maximum Gasteiger partial charge on any atom is 0.243 e. The summed E-state index contributed by atoms with van der Waals surface area (Å²) in [5.74, 6) is 0.527. The van der Waals surface area contributed by atoms with E-state index >= 15 is 0 Å². The lowest BCUT2D eigenvalue weighted by Crippen LogP contribution is -2.46. The maximum absolute atomic E-state index is 13.3. The van der Waals surface area contributed by atoms with Gasteiger partial charge in [0.25, 0.3) is 0 Å². The fourth-order valence-corrected chi connectivity index (χ4v) is 7.17. The van der Waals surface area contributed by atoms with Crippen LogP contribution in [0.5, 0.6) is 0 Å². The summed E-state index contributed by atoms with van der Waals surface area (Å²) >= 11 is 1.59. The molecule has 0 aliphatic carbocycles. The van der Waals surface area contributed by atoms with E-state index in [9.17, 15) is 13.2 Å². The number of rotatable bonds is 7. The second-order valence-electron chi connectivity index (χ2n) is 9.28. The van der Waals surface area contributed by atoms with Crippen LogP contribution in [0.4, 0.5) is 5.69 Å². The molecule has 33 heavy (non-hydrogen) atoms. The first kappa shape index (κ1) is 24.9. The molecule has 0 bridgehead atoms. The van der Waals surface area contributed by atoms with Crippen molar-refractivity contribution in [1.29, 1.82) is 0 Å².